The third-order valence-corrected chi connectivity index (χ3v) is 7.09. The third-order valence-electron chi connectivity index (χ3n) is 6.84. The van der Waals surface area contributed by atoms with Gasteiger partial charge in [-0.1, -0.05) is 11.6 Å². The van der Waals surface area contributed by atoms with Crippen LogP contribution in [-0.4, -0.2) is 96.4 Å². The molecule has 1 N–H and O–H groups in total. The Labute approximate surface area is 208 Å². The zero-order valence-electron chi connectivity index (χ0n) is 19.7. The fourth-order valence-electron chi connectivity index (χ4n) is 4.95. The molecule has 2 aliphatic rings. The minimum atomic E-state index is -0.529. The standard InChI is InChI=1S/C25H28ClN5O4/c1-34-22-11-18-19(12-23(22)35-2)27-15-28-24(18)31-13-20(21(32)14-31)29-7-9-30(10-8-29)25(33)16-3-5-17(26)6-4-16/h3-6,11-12,15,20-21,32H,7-10,13-14H2,1-2H3. The summed E-state index contributed by atoms with van der Waals surface area (Å²) >= 11 is 5.95. The molecule has 1 aromatic heterocycles. The highest BCUT2D eigenvalue weighted by Crippen LogP contribution is 2.36. The van der Waals surface area contributed by atoms with Crippen LogP contribution in [0.5, 0.6) is 11.5 Å². The Morgan fingerprint density at radius 2 is 1.69 bits per heavy atom. The number of aromatic nitrogens is 2. The van der Waals surface area contributed by atoms with Crippen LogP contribution in [0.15, 0.2) is 42.7 Å². The number of methoxy groups -OCH3 is 2. The van der Waals surface area contributed by atoms with Crippen molar-refractivity contribution >= 4 is 34.2 Å². The molecular formula is C25H28ClN5O4. The van der Waals surface area contributed by atoms with E-state index in [9.17, 15) is 9.90 Å². The van der Waals surface area contributed by atoms with Crippen LogP contribution in [0.1, 0.15) is 10.4 Å². The molecule has 2 unspecified atom stereocenters. The number of anilines is 1. The lowest BCUT2D eigenvalue weighted by Gasteiger charge is -2.38. The number of ether oxygens (including phenoxy) is 2. The van der Waals surface area contributed by atoms with Crippen LogP contribution in [0.3, 0.4) is 0 Å². The summed E-state index contributed by atoms with van der Waals surface area (Å²) in [5.41, 5.74) is 1.39. The molecule has 5 rings (SSSR count). The van der Waals surface area contributed by atoms with Gasteiger partial charge in [-0.25, -0.2) is 9.97 Å². The highest BCUT2D eigenvalue weighted by Gasteiger charge is 2.38. The Bertz CT molecular complexity index is 1220. The van der Waals surface area contributed by atoms with Crippen LogP contribution < -0.4 is 14.4 Å². The number of piperazine rings is 1. The number of nitrogens with zero attached hydrogens (tertiary/aromatic N) is 5. The summed E-state index contributed by atoms with van der Waals surface area (Å²) in [4.78, 5) is 28.0. The molecule has 2 aliphatic heterocycles. The topological polar surface area (TPSA) is 91.3 Å². The van der Waals surface area contributed by atoms with Crippen molar-refractivity contribution in [2.45, 2.75) is 12.1 Å². The lowest BCUT2D eigenvalue weighted by molar-refractivity contribution is 0.0376. The van der Waals surface area contributed by atoms with Crippen LogP contribution in [0, 0.1) is 0 Å². The largest absolute Gasteiger partial charge is 0.493 e. The van der Waals surface area contributed by atoms with E-state index in [0.29, 0.717) is 61.4 Å². The Morgan fingerprint density at radius 1 is 1.00 bits per heavy atom. The zero-order valence-corrected chi connectivity index (χ0v) is 20.5. The number of aliphatic hydroxyl groups is 1. The van der Waals surface area contributed by atoms with E-state index in [-0.39, 0.29) is 11.9 Å². The molecule has 3 heterocycles. The molecule has 3 aromatic rings. The molecule has 0 bridgehead atoms. The molecule has 0 aliphatic carbocycles. The van der Waals surface area contributed by atoms with Crippen LogP contribution in [-0.2, 0) is 0 Å². The Kier molecular flexibility index (Phi) is 6.64. The van der Waals surface area contributed by atoms with E-state index in [2.05, 4.69) is 19.8 Å². The Morgan fingerprint density at radius 3 is 2.37 bits per heavy atom. The minimum Gasteiger partial charge on any atom is -0.493 e. The van der Waals surface area contributed by atoms with Crippen molar-refractivity contribution in [3.63, 3.8) is 0 Å². The quantitative estimate of drug-likeness (QED) is 0.574. The first-order valence-electron chi connectivity index (χ1n) is 11.6. The van der Waals surface area contributed by atoms with Crippen molar-refractivity contribution in [2.24, 2.45) is 0 Å². The van der Waals surface area contributed by atoms with Gasteiger partial charge >= 0.3 is 0 Å². The number of carbonyl (C=O) groups is 1. The van der Waals surface area contributed by atoms with Gasteiger partial charge in [0.2, 0.25) is 0 Å². The number of hydrogen-bond acceptors (Lipinski definition) is 8. The first-order valence-corrected chi connectivity index (χ1v) is 11.9. The molecule has 2 fully saturated rings. The lowest BCUT2D eigenvalue weighted by atomic mass is 10.1. The first kappa shape index (κ1) is 23.6. The molecule has 9 nitrogen and oxygen atoms in total. The molecule has 10 heteroatoms. The molecule has 1 amide bonds. The van der Waals surface area contributed by atoms with Gasteiger partial charge in [0.15, 0.2) is 11.5 Å². The van der Waals surface area contributed by atoms with Gasteiger partial charge in [0, 0.05) is 61.3 Å². The highest BCUT2D eigenvalue weighted by molar-refractivity contribution is 6.30. The lowest BCUT2D eigenvalue weighted by Crippen LogP contribution is -2.54. The second-order valence-corrected chi connectivity index (χ2v) is 9.23. The van der Waals surface area contributed by atoms with Crippen molar-refractivity contribution in [3.8, 4) is 11.5 Å². The van der Waals surface area contributed by atoms with Crippen molar-refractivity contribution in [3.05, 3.63) is 53.3 Å². The van der Waals surface area contributed by atoms with Gasteiger partial charge in [0.05, 0.1) is 31.9 Å². The molecule has 35 heavy (non-hydrogen) atoms. The van der Waals surface area contributed by atoms with Gasteiger partial charge in [0.25, 0.3) is 5.91 Å². The minimum absolute atomic E-state index is 0.00624. The van der Waals surface area contributed by atoms with E-state index in [4.69, 9.17) is 21.1 Å². The predicted octanol–water partition coefficient (Wildman–Crippen LogP) is 2.31. The number of carbonyl (C=O) groups excluding carboxylic acids is 1. The maximum Gasteiger partial charge on any atom is 0.253 e. The highest BCUT2D eigenvalue weighted by atomic mass is 35.5. The van der Waals surface area contributed by atoms with Gasteiger partial charge in [-0.3, -0.25) is 9.69 Å². The van der Waals surface area contributed by atoms with E-state index in [0.717, 1.165) is 16.7 Å². The number of halogens is 1. The van der Waals surface area contributed by atoms with Crippen molar-refractivity contribution in [1.82, 2.24) is 19.8 Å². The maximum absolute atomic E-state index is 12.8. The van der Waals surface area contributed by atoms with Gasteiger partial charge in [0.1, 0.15) is 12.1 Å². The maximum atomic E-state index is 12.8. The van der Waals surface area contributed by atoms with E-state index < -0.39 is 6.10 Å². The fourth-order valence-corrected chi connectivity index (χ4v) is 5.08. The molecule has 2 atom stereocenters. The van der Waals surface area contributed by atoms with Crippen LogP contribution in [0.2, 0.25) is 5.02 Å². The normalized spacial score (nSPS) is 20.9. The Hall–Kier alpha value is -3.14. The summed E-state index contributed by atoms with van der Waals surface area (Å²) < 4.78 is 10.9. The number of aliphatic hydroxyl groups excluding tert-OH is 1. The van der Waals surface area contributed by atoms with Gasteiger partial charge in [-0.15, -0.1) is 0 Å². The molecule has 0 radical (unpaired) electrons. The number of β-amino-alcohol motifs (C(OH)–C–C–N with tert-alkyl or cyclic N) is 1. The SMILES string of the molecule is COc1cc2ncnc(N3CC(O)C(N4CCN(C(=O)c5ccc(Cl)cc5)CC4)C3)c2cc1OC. The van der Waals surface area contributed by atoms with Crippen molar-refractivity contribution in [2.75, 3.05) is 58.4 Å². The van der Waals surface area contributed by atoms with Gasteiger partial charge < -0.3 is 24.4 Å². The average molecular weight is 498 g/mol. The number of fused-ring (bicyclic) bond motifs is 1. The summed E-state index contributed by atoms with van der Waals surface area (Å²) in [6.07, 6.45) is 1.00. The predicted molar refractivity (Wildman–Crippen MR) is 134 cm³/mol. The number of hydrogen-bond donors (Lipinski definition) is 1. The van der Waals surface area contributed by atoms with Crippen LogP contribution in [0.4, 0.5) is 5.82 Å². The van der Waals surface area contributed by atoms with E-state index in [1.54, 1.807) is 38.5 Å². The number of amides is 1. The van der Waals surface area contributed by atoms with Gasteiger partial charge in [-0.05, 0) is 30.3 Å². The summed E-state index contributed by atoms with van der Waals surface area (Å²) in [5.74, 6) is 1.98. The Balaban J connectivity index is 1.28. The molecule has 2 aromatic carbocycles. The fraction of sp³-hybridized carbons (Fsp3) is 0.400. The number of benzene rings is 2. The second kappa shape index (κ2) is 9.85. The molecule has 2 saturated heterocycles. The van der Waals surface area contributed by atoms with E-state index >= 15 is 0 Å². The van der Waals surface area contributed by atoms with Crippen molar-refractivity contribution < 1.29 is 19.4 Å². The van der Waals surface area contributed by atoms with Crippen molar-refractivity contribution in [1.29, 1.82) is 0 Å². The third kappa shape index (κ3) is 4.59. The first-order chi connectivity index (χ1) is 17.0. The molecule has 184 valence electrons. The van der Waals surface area contributed by atoms with E-state index in [1.807, 2.05) is 17.0 Å². The van der Waals surface area contributed by atoms with Gasteiger partial charge in [-0.2, -0.15) is 0 Å². The summed E-state index contributed by atoms with van der Waals surface area (Å²) in [6, 6.07) is 10.6. The summed E-state index contributed by atoms with van der Waals surface area (Å²) in [5, 5.41) is 12.4. The molecule has 0 spiro atoms. The molecule has 0 saturated carbocycles. The smallest absolute Gasteiger partial charge is 0.253 e. The molecular weight excluding hydrogens is 470 g/mol. The number of rotatable bonds is 5. The zero-order chi connectivity index (χ0) is 24.5. The van der Waals surface area contributed by atoms with Crippen LogP contribution in [0.25, 0.3) is 10.9 Å². The monoisotopic (exact) mass is 497 g/mol. The summed E-state index contributed by atoms with van der Waals surface area (Å²) in [6.45, 7) is 3.72. The summed E-state index contributed by atoms with van der Waals surface area (Å²) in [7, 11) is 3.19. The van der Waals surface area contributed by atoms with E-state index in [1.165, 1.54) is 6.33 Å². The average Bonchev–Trinajstić information content (AvgIpc) is 3.28. The second-order valence-electron chi connectivity index (χ2n) is 8.80. The van der Waals surface area contributed by atoms with Crippen LogP contribution >= 0.6 is 11.6 Å².